The molecule has 14 heteroatoms. The number of halogens is 8. The van der Waals surface area contributed by atoms with Gasteiger partial charge in [-0.25, -0.2) is 0 Å². The van der Waals surface area contributed by atoms with E-state index in [0.717, 1.165) is 22.4 Å². The van der Waals surface area contributed by atoms with Crippen LogP contribution in [-0.2, 0) is 23.6 Å². The van der Waals surface area contributed by atoms with Crippen LogP contribution in [0.5, 0.6) is 0 Å². The monoisotopic (exact) mass is 728 g/mol. The Bertz CT molecular complexity index is 1640. The molecule has 6 nitrogen and oxygen atoms in total. The van der Waals surface area contributed by atoms with Gasteiger partial charge in [-0.3, -0.25) is 19.4 Å². The number of piperazine rings is 1. The predicted octanol–water partition coefficient (Wildman–Crippen LogP) is 8.12. The van der Waals surface area contributed by atoms with Gasteiger partial charge in [0.25, 0.3) is 5.91 Å². The lowest BCUT2D eigenvalue weighted by molar-refractivity contribution is -0.143. The van der Waals surface area contributed by atoms with Crippen LogP contribution in [0.15, 0.2) is 54.6 Å². The lowest BCUT2D eigenvalue weighted by Gasteiger charge is -2.46. The van der Waals surface area contributed by atoms with Crippen LogP contribution >= 0.6 is 23.2 Å². The summed E-state index contributed by atoms with van der Waals surface area (Å²) in [6.45, 7) is 6.79. The summed E-state index contributed by atoms with van der Waals surface area (Å²) in [5, 5.41) is 3.62. The molecule has 5 rings (SSSR count). The number of nitrogens with one attached hydrogen (secondary N) is 1. The van der Waals surface area contributed by atoms with Crippen molar-refractivity contribution in [3.8, 4) is 0 Å². The van der Waals surface area contributed by atoms with Gasteiger partial charge in [-0.05, 0) is 80.1 Å². The van der Waals surface area contributed by atoms with Gasteiger partial charge in [-0.15, -0.1) is 0 Å². The fourth-order valence-corrected chi connectivity index (χ4v) is 7.01. The minimum Gasteiger partial charge on any atom is -0.335 e. The molecule has 3 aromatic carbocycles. The van der Waals surface area contributed by atoms with Gasteiger partial charge < -0.3 is 10.2 Å². The molecule has 2 aliphatic heterocycles. The summed E-state index contributed by atoms with van der Waals surface area (Å²) in [7, 11) is 0. The molecule has 2 aliphatic rings. The maximum Gasteiger partial charge on any atom is 0.416 e. The Kier molecular flexibility index (Phi) is 11.2. The fourth-order valence-electron chi connectivity index (χ4n) is 6.69. The van der Waals surface area contributed by atoms with Crippen molar-refractivity contribution in [1.82, 2.24) is 14.7 Å². The van der Waals surface area contributed by atoms with Crippen molar-refractivity contribution >= 4 is 40.7 Å². The van der Waals surface area contributed by atoms with E-state index in [-0.39, 0.29) is 42.5 Å². The van der Waals surface area contributed by atoms with E-state index >= 15 is 0 Å². The fraction of sp³-hybridized carbons (Fsp3) is 0.429. The van der Waals surface area contributed by atoms with Crippen molar-refractivity contribution in [1.29, 1.82) is 0 Å². The van der Waals surface area contributed by atoms with E-state index in [2.05, 4.69) is 15.1 Å². The number of amides is 2. The zero-order valence-corrected chi connectivity index (χ0v) is 28.4. The molecule has 49 heavy (non-hydrogen) atoms. The van der Waals surface area contributed by atoms with Crippen LogP contribution in [0.1, 0.15) is 51.0 Å². The van der Waals surface area contributed by atoms with Gasteiger partial charge in [0.05, 0.1) is 27.7 Å². The average molecular weight is 730 g/mol. The molecule has 2 amide bonds. The molecule has 1 N–H and O–H groups in total. The molecule has 0 radical (unpaired) electrons. The summed E-state index contributed by atoms with van der Waals surface area (Å²) in [6.07, 6.45) is -8.98. The molecule has 0 spiro atoms. The number of anilines is 1. The van der Waals surface area contributed by atoms with E-state index in [4.69, 9.17) is 23.2 Å². The molecule has 2 saturated heterocycles. The number of hydrogen-bond donors (Lipinski definition) is 1. The average Bonchev–Trinajstić information content (AvgIpc) is 3.03. The van der Waals surface area contributed by atoms with Crippen LogP contribution in [-0.4, -0.2) is 77.9 Å². The number of nitrogens with zero attached hydrogens (tertiary/aromatic N) is 3. The predicted molar refractivity (Wildman–Crippen MR) is 177 cm³/mol. The van der Waals surface area contributed by atoms with Crippen molar-refractivity contribution < 1.29 is 35.9 Å². The number of alkyl halides is 6. The van der Waals surface area contributed by atoms with E-state index in [9.17, 15) is 35.9 Å². The number of carbonyl (C=O) groups is 2. The Morgan fingerprint density at radius 1 is 0.816 bits per heavy atom. The highest BCUT2D eigenvalue weighted by Gasteiger charge is 2.40. The number of piperidine rings is 1. The van der Waals surface area contributed by atoms with Gasteiger partial charge in [0, 0.05) is 56.1 Å². The molecule has 2 atom stereocenters. The molecule has 0 aromatic heterocycles. The first-order valence-corrected chi connectivity index (χ1v) is 16.6. The summed E-state index contributed by atoms with van der Waals surface area (Å²) in [4.78, 5) is 32.3. The third-order valence-corrected chi connectivity index (χ3v) is 10.0. The first kappa shape index (κ1) is 36.9. The van der Waals surface area contributed by atoms with E-state index in [1.54, 1.807) is 18.2 Å². The zero-order valence-electron chi connectivity index (χ0n) is 26.9. The van der Waals surface area contributed by atoms with Crippen molar-refractivity contribution in [2.45, 2.75) is 57.5 Å². The number of benzene rings is 3. The van der Waals surface area contributed by atoms with E-state index in [1.165, 1.54) is 4.90 Å². The lowest BCUT2D eigenvalue weighted by atomic mass is 9.90. The van der Waals surface area contributed by atoms with Crippen LogP contribution in [0, 0.1) is 13.8 Å². The summed E-state index contributed by atoms with van der Waals surface area (Å²) in [5.41, 5.74) is -0.269. The van der Waals surface area contributed by atoms with E-state index < -0.39 is 41.0 Å². The molecule has 0 saturated carbocycles. The molecule has 2 heterocycles. The van der Waals surface area contributed by atoms with E-state index in [0.29, 0.717) is 56.2 Å². The van der Waals surface area contributed by atoms with Crippen molar-refractivity contribution in [2.24, 2.45) is 0 Å². The number of para-hydroxylation sites is 1. The van der Waals surface area contributed by atoms with Crippen molar-refractivity contribution in [2.75, 3.05) is 44.6 Å². The summed E-state index contributed by atoms with van der Waals surface area (Å²) in [6, 6.07) is 11.2. The molecular weight excluding hydrogens is 693 g/mol. The highest BCUT2D eigenvalue weighted by atomic mass is 35.5. The maximum absolute atomic E-state index is 13.8. The van der Waals surface area contributed by atoms with Crippen molar-refractivity contribution in [3.63, 3.8) is 0 Å². The van der Waals surface area contributed by atoms with Gasteiger partial charge in [-0.2, -0.15) is 26.3 Å². The summed E-state index contributed by atoms with van der Waals surface area (Å²) in [5.74, 6) is -1.01. The Hall–Kier alpha value is -3.32. The number of aryl methyl sites for hydroxylation is 2. The Labute approximate surface area is 290 Å². The molecular formula is C35H36Cl2F6N4O2. The largest absolute Gasteiger partial charge is 0.416 e. The first-order valence-electron chi connectivity index (χ1n) is 15.9. The number of carbonyl (C=O) groups excluding carboxylic acids is 2. The lowest BCUT2D eigenvalue weighted by Crippen LogP contribution is -2.57. The third kappa shape index (κ3) is 9.08. The smallest absolute Gasteiger partial charge is 0.335 e. The number of rotatable bonds is 7. The number of hydrogen-bond acceptors (Lipinski definition) is 4. The van der Waals surface area contributed by atoms with Crippen molar-refractivity contribution in [3.05, 3.63) is 98.0 Å². The Morgan fingerprint density at radius 2 is 1.43 bits per heavy atom. The normalized spacial score (nSPS) is 19.6. The Morgan fingerprint density at radius 3 is 2.00 bits per heavy atom. The van der Waals surface area contributed by atoms with Crippen LogP contribution in [0.25, 0.3) is 0 Å². The van der Waals surface area contributed by atoms with Gasteiger partial charge in [0.2, 0.25) is 5.91 Å². The maximum atomic E-state index is 13.8. The highest BCUT2D eigenvalue weighted by molar-refractivity contribution is 6.42. The molecule has 264 valence electrons. The van der Waals surface area contributed by atoms with Crippen LogP contribution in [0.3, 0.4) is 0 Å². The third-order valence-electron chi connectivity index (χ3n) is 9.28. The number of likely N-dealkylation sites (tertiary alicyclic amines) is 1. The zero-order chi connectivity index (χ0) is 35.7. The summed E-state index contributed by atoms with van der Waals surface area (Å²) >= 11 is 12.3. The topological polar surface area (TPSA) is 55.9 Å². The second kappa shape index (κ2) is 14.9. The minimum absolute atomic E-state index is 0.00494. The van der Waals surface area contributed by atoms with Gasteiger partial charge >= 0.3 is 12.4 Å². The molecule has 0 aliphatic carbocycles. The molecule has 0 unspecified atom stereocenters. The standard InChI is InChI=1S/C35H36Cl2F6N4O2/c1-21-4-3-5-22(2)32(21)44-31(48)20-45-10-12-46(13-11-45)27-8-9-47(28(19-27)14-23-6-7-29(36)30(37)15-23)33(49)24-16-25(34(38,39)40)18-26(17-24)35(41,42)43/h3-7,15-18,27-28H,8-14,19-20H2,1-2H3,(H,44,48)/t27-,28+/m0/s1. The van der Waals surface area contributed by atoms with Gasteiger partial charge in [-0.1, -0.05) is 47.5 Å². The second-order valence-corrected chi connectivity index (χ2v) is 13.5. The van der Waals surface area contributed by atoms with Gasteiger partial charge in [0.1, 0.15) is 0 Å². The quantitative estimate of drug-likeness (QED) is 0.250. The van der Waals surface area contributed by atoms with Crippen LogP contribution < -0.4 is 5.32 Å². The summed E-state index contributed by atoms with van der Waals surface area (Å²) < 4.78 is 81.7. The molecule has 0 bridgehead atoms. The van der Waals surface area contributed by atoms with Crippen LogP contribution in [0.4, 0.5) is 32.0 Å². The highest BCUT2D eigenvalue weighted by Crippen LogP contribution is 2.37. The minimum atomic E-state index is -5.08. The van der Waals surface area contributed by atoms with E-state index in [1.807, 2.05) is 32.0 Å². The second-order valence-electron chi connectivity index (χ2n) is 12.7. The molecule has 2 fully saturated rings. The SMILES string of the molecule is Cc1cccc(C)c1NC(=O)CN1CCN([C@H]2CCN(C(=O)c3cc(C(F)(F)F)cc(C(F)(F)F)c3)[C@H](Cc3ccc(Cl)c(Cl)c3)C2)CC1. The first-order chi connectivity index (χ1) is 23.0. The molecule has 3 aromatic rings. The van der Waals surface area contributed by atoms with Crippen LogP contribution in [0.2, 0.25) is 10.0 Å². The Balaban J connectivity index is 1.31. The van der Waals surface area contributed by atoms with Gasteiger partial charge in [0.15, 0.2) is 0 Å².